The average Bonchev–Trinajstić information content (AvgIpc) is 2.13. The van der Waals surface area contributed by atoms with E-state index >= 15 is 0 Å². The van der Waals surface area contributed by atoms with Gasteiger partial charge in [0.15, 0.2) is 11.1 Å². The van der Waals surface area contributed by atoms with Crippen molar-refractivity contribution in [3.05, 3.63) is 0 Å². The van der Waals surface area contributed by atoms with Gasteiger partial charge in [0.2, 0.25) is 0 Å². The quantitative estimate of drug-likeness (QED) is 0.784. The molecule has 0 aromatic carbocycles. The number of aliphatic hydroxyl groups excluding tert-OH is 1. The second-order valence-electron chi connectivity index (χ2n) is 5.50. The van der Waals surface area contributed by atoms with E-state index in [1.807, 2.05) is 27.7 Å². The lowest BCUT2D eigenvalue weighted by Crippen LogP contribution is -2.60. The van der Waals surface area contributed by atoms with E-state index in [-0.39, 0.29) is 6.10 Å². The third-order valence-corrected chi connectivity index (χ3v) is 3.65. The van der Waals surface area contributed by atoms with Crippen molar-refractivity contribution in [3.63, 3.8) is 0 Å². The Morgan fingerprint density at radius 1 is 1.31 bits per heavy atom. The fourth-order valence-corrected chi connectivity index (χ4v) is 2.93. The van der Waals surface area contributed by atoms with Gasteiger partial charge < -0.3 is 10.3 Å². The predicted octanol–water partition coefficient (Wildman–Crippen LogP) is 1.03. The fourth-order valence-electron chi connectivity index (χ4n) is 2.43. The highest BCUT2D eigenvalue weighted by Crippen LogP contribution is 2.38. The summed E-state index contributed by atoms with van der Waals surface area (Å²) in [4.78, 5) is 0. The third kappa shape index (κ3) is 3.01. The van der Waals surface area contributed by atoms with E-state index in [9.17, 15) is 9.42 Å². The average molecular weight is 251 g/mol. The number of hydroxylamine groups is 2. The van der Waals surface area contributed by atoms with E-state index in [1.165, 1.54) is 5.06 Å². The summed E-state index contributed by atoms with van der Waals surface area (Å²) in [6.45, 7) is 7.64. The molecule has 1 heterocycles. The Balaban J connectivity index is 2.75. The number of nitrogens with zero attached hydrogens (tertiary/aromatic N) is 1. The zero-order valence-corrected chi connectivity index (χ0v) is 11.1. The highest BCUT2D eigenvalue weighted by atomic mass is 32.2. The Morgan fingerprint density at radius 2 is 1.75 bits per heavy atom. The molecule has 1 rings (SSSR count). The smallest absolute Gasteiger partial charge is 0.182 e. The van der Waals surface area contributed by atoms with Crippen LogP contribution in [0.5, 0.6) is 0 Å². The van der Waals surface area contributed by atoms with Crippen LogP contribution in [0.15, 0.2) is 0 Å². The van der Waals surface area contributed by atoms with Crippen LogP contribution in [0.25, 0.3) is 0 Å². The number of hydrogen-bond acceptors (Lipinski definition) is 5. The van der Waals surface area contributed by atoms with Crippen LogP contribution in [-0.4, -0.2) is 42.7 Å². The minimum absolute atomic E-state index is 0.207. The van der Waals surface area contributed by atoms with Crippen LogP contribution in [0.2, 0.25) is 0 Å². The molecule has 1 atom stereocenters. The van der Waals surface area contributed by atoms with E-state index in [4.69, 9.17) is 9.29 Å². The lowest BCUT2D eigenvalue weighted by atomic mass is 9.80. The minimum atomic E-state index is -1.65. The van der Waals surface area contributed by atoms with E-state index in [0.717, 1.165) is 0 Å². The summed E-state index contributed by atoms with van der Waals surface area (Å²) in [6.07, 6.45) is 0.957. The van der Waals surface area contributed by atoms with Crippen molar-refractivity contribution in [3.8, 4) is 0 Å². The second-order valence-corrected chi connectivity index (χ2v) is 6.55. The first kappa shape index (κ1) is 14.1. The topological polar surface area (TPSA) is 70.0 Å². The summed E-state index contributed by atoms with van der Waals surface area (Å²) in [6, 6.07) is 0. The van der Waals surface area contributed by atoms with Crippen LogP contribution in [0.3, 0.4) is 0 Å². The Labute approximate surface area is 99.0 Å². The summed E-state index contributed by atoms with van der Waals surface area (Å²) in [5.74, 6) is -0.486. The van der Waals surface area contributed by atoms with Gasteiger partial charge >= 0.3 is 0 Å². The van der Waals surface area contributed by atoms with Crippen LogP contribution in [0.4, 0.5) is 0 Å². The molecule has 0 spiro atoms. The van der Waals surface area contributed by atoms with Gasteiger partial charge in [0.1, 0.15) is 5.94 Å². The molecule has 0 aliphatic carbocycles. The van der Waals surface area contributed by atoms with Crippen molar-refractivity contribution in [1.82, 2.24) is 5.06 Å². The SMILES string of the molecule is CC1(C)CC(OS(=O)CO)CC(C)(C)N1O. The van der Waals surface area contributed by atoms with Crippen molar-refractivity contribution < 1.29 is 18.7 Å². The van der Waals surface area contributed by atoms with Crippen LogP contribution >= 0.6 is 0 Å². The van der Waals surface area contributed by atoms with E-state index < -0.39 is 28.1 Å². The first-order valence-electron chi connectivity index (χ1n) is 5.34. The third-order valence-electron chi connectivity index (χ3n) is 2.95. The van der Waals surface area contributed by atoms with Crippen molar-refractivity contribution in [2.75, 3.05) is 5.94 Å². The van der Waals surface area contributed by atoms with Crippen molar-refractivity contribution >= 4 is 11.1 Å². The zero-order valence-electron chi connectivity index (χ0n) is 10.3. The molecule has 1 aliphatic rings. The summed E-state index contributed by atoms with van der Waals surface area (Å²) in [5, 5.41) is 20.1. The van der Waals surface area contributed by atoms with Gasteiger partial charge in [0.05, 0.1) is 6.10 Å². The molecule has 2 N–H and O–H groups in total. The molecule has 1 saturated heterocycles. The number of aliphatic hydroxyl groups is 1. The summed E-state index contributed by atoms with van der Waals surface area (Å²) < 4.78 is 16.4. The number of hydrogen-bond donors (Lipinski definition) is 2. The highest BCUT2D eigenvalue weighted by molar-refractivity contribution is 7.79. The molecule has 0 bridgehead atoms. The second kappa shape index (κ2) is 4.70. The molecule has 0 radical (unpaired) electrons. The van der Waals surface area contributed by atoms with Gasteiger partial charge in [0, 0.05) is 11.1 Å². The summed E-state index contributed by atoms with van der Waals surface area (Å²) >= 11 is -1.65. The first-order valence-corrected chi connectivity index (χ1v) is 6.59. The molecular formula is C10H21NO4S. The molecule has 1 aliphatic heterocycles. The fraction of sp³-hybridized carbons (Fsp3) is 1.00. The first-order chi connectivity index (χ1) is 7.19. The Morgan fingerprint density at radius 3 is 2.12 bits per heavy atom. The largest absolute Gasteiger partial charge is 0.381 e. The monoisotopic (exact) mass is 251 g/mol. The molecule has 0 aromatic heterocycles. The normalized spacial score (nSPS) is 27.9. The van der Waals surface area contributed by atoms with Gasteiger partial charge in [-0.05, 0) is 40.5 Å². The molecule has 1 fully saturated rings. The van der Waals surface area contributed by atoms with Gasteiger partial charge in [0.25, 0.3) is 0 Å². The van der Waals surface area contributed by atoms with Crippen molar-refractivity contribution in [1.29, 1.82) is 0 Å². The van der Waals surface area contributed by atoms with Gasteiger partial charge in [-0.2, -0.15) is 5.06 Å². The maximum absolute atomic E-state index is 11.1. The van der Waals surface area contributed by atoms with Gasteiger partial charge in [-0.1, -0.05) is 0 Å². The molecular weight excluding hydrogens is 230 g/mol. The molecule has 0 aromatic rings. The Hall–Kier alpha value is -0.0100. The molecule has 96 valence electrons. The molecule has 6 heteroatoms. The van der Waals surface area contributed by atoms with Crippen molar-refractivity contribution in [2.45, 2.75) is 57.7 Å². The number of rotatable bonds is 3. The highest BCUT2D eigenvalue weighted by Gasteiger charge is 2.45. The molecule has 16 heavy (non-hydrogen) atoms. The lowest BCUT2D eigenvalue weighted by molar-refractivity contribution is -0.254. The van der Waals surface area contributed by atoms with Crippen LogP contribution in [-0.2, 0) is 15.3 Å². The Kier molecular flexibility index (Phi) is 4.13. The van der Waals surface area contributed by atoms with E-state index in [2.05, 4.69) is 0 Å². The lowest BCUT2D eigenvalue weighted by Gasteiger charge is -2.50. The van der Waals surface area contributed by atoms with E-state index in [1.54, 1.807) is 0 Å². The van der Waals surface area contributed by atoms with Crippen LogP contribution in [0.1, 0.15) is 40.5 Å². The molecule has 0 amide bonds. The molecule has 0 saturated carbocycles. The zero-order chi connectivity index (χ0) is 12.6. The van der Waals surface area contributed by atoms with Gasteiger partial charge in [-0.15, -0.1) is 0 Å². The summed E-state index contributed by atoms with van der Waals surface area (Å²) in [5.41, 5.74) is -0.849. The summed E-state index contributed by atoms with van der Waals surface area (Å²) in [7, 11) is 0. The minimum Gasteiger partial charge on any atom is -0.381 e. The van der Waals surface area contributed by atoms with Gasteiger partial charge in [-0.25, -0.2) is 4.21 Å². The Bertz CT molecular complexity index is 262. The maximum Gasteiger partial charge on any atom is 0.182 e. The predicted molar refractivity (Wildman–Crippen MR) is 61.1 cm³/mol. The number of piperidine rings is 1. The van der Waals surface area contributed by atoms with Crippen molar-refractivity contribution in [2.24, 2.45) is 0 Å². The molecule has 5 nitrogen and oxygen atoms in total. The van der Waals surface area contributed by atoms with Crippen LogP contribution < -0.4 is 0 Å². The standard InChI is InChI=1S/C10H21NO4S/c1-9(2)5-8(15-16(14)7-12)6-10(3,4)11(9)13/h8,12-13H,5-7H2,1-4H3. The van der Waals surface area contributed by atoms with Crippen LogP contribution in [0, 0.1) is 0 Å². The van der Waals surface area contributed by atoms with Gasteiger partial charge in [-0.3, -0.25) is 4.18 Å². The van der Waals surface area contributed by atoms with E-state index in [0.29, 0.717) is 12.8 Å². The maximum atomic E-state index is 11.1. The molecule has 1 unspecified atom stereocenters.